The van der Waals surface area contributed by atoms with E-state index in [4.69, 9.17) is 0 Å². The lowest BCUT2D eigenvalue weighted by Crippen LogP contribution is -2.07. The maximum Gasteiger partial charge on any atom is 0.224 e. The van der Waals surface area contributed by atoms with E-state index in [-0.39, 0.29) is 5.75 Å². The molecule has 0 saturated carbocycles. The largest absolute Gasteiger partial charge is 0.507 e. The fourth-order valence-electron chi connectivity index (χ4n) is 1.78. The smallest absolute Gasteiger partial charge is 0.224 e. The standard InChI is InChI=1S/C12H15FN4O/c1-3-14-12-16-15-11(17(12)4-2)9-7-8(13)5-6-10(9)18/h5-7,18H,3-4H2,1-2H3,(H,14,16). The molecule has 1 heterocycles. The minimum atomic E-state index is -0.418. The Morgan fingerprint density at radius 3 is 2.78 bits per heavy atom. The van der Waals surface area contributed by atoms with E-state index < -0.39 is 5.82 Å². The molecule has 0 aliphatic heterocycles. The Balaban J connectivity index is 2.53. The van der Waals surface area contributed by atoms with Crippen molar-refractivity contribution < 1.29 is 9.50 Å². The summed E-state index contributed by atoms with van der Waals surface area (Å²) in [6, 6.07) is 3.77. The van der Waals surface area contributed by atoms with Crippen molar-refractivity contribution >= 4 is 5.95 Å². The van der Waals surface area contributed by atoms with Crippen LogP contribution in [0.2, 0.25) is 0 Å². The van der Waals surface area contributed by atoms with Crippen LogP contribution in [-0.4, -0.2) is 26.4 Å². The molecule has 0 amide bonds. The number of aromatic nitrogens is 3. The molecule has 0 aliphatic rings. The Hall–Kier alpha value is -2.11. The third-order valence-electron chi connectivity index (χ3n) is 2.60. The molecule has 1 aromatic carbocycles. The first-order valence-electron chi connectivity index (χ1n) is 5.83. The van der Waals surface area contributed by atoms with Crippen LogP contribution in [0, 0.1) is 5.82 Å². The van der Waals surface area contributed by atoms with Crippen molar-refractivity contribution in [2.24, 2.45) is 0 Å². The van der Waals surface area contributed by atoms with Crippen molar-refractivity contribution in [3.8, 4) is 17.1 Å². The quantitative estimate of drug-likeness (QED) is 0.873. The highest BCUT2D eigenvalue weighted by molar-refractivity contribution is 5.65. The topological polar surface area (TPSA) is 63.0 Å². The Bertz CT molecular complexity index is 553. The van der Waals surface area contributed by atoms with E-state index in [1.54, 1.807) is 4.57 Å². The first kappa shape index (κ1) is 12.3. The molecule has 0 spiro atoms. The van der Waals surface area contributed by atoms with Crippen LogP contribution in [0.25, 0.3) is 11.4 Å². The van der Waals surface area contributed by atoms with E-state index in [1.165, 1.54) is 18.2 Å². The van der Waals surface area contributed by atoms with Crippen molar-refractivity contribution in [3.63, 3.8) is 0 Å². The molecule has 5 nitrogen and oxygen atoms in total. The maximum atomic E-state index is 13.2. The van der Waals surface area contributed by atoms with Crippen LogP contribution in [0.5, 0.6) is 5.75 Å². The van der Waals surface area contributed by atoms with Crippen LogP contribution in [0.15, 0.2) is 18.2 Å². The molecule has 96 valence electrons. The molecule has 0 aliphatic carbocycles. The second-order valence-corrected chi connectivity index (χ2v) is 3.78. The molecule has 0 fully saturated rings. The minimum absolute atomic E-state index is 0.0125. The van der Waals surface area contributed by atoms with Gasteiger partial charge in [0, 0.05) is 13.1 Å². The molecule has 18 heavy (non-hydrogen) atoms. The molecular weight excluding hydrogens is 235 g/mol. The predicted octanol–water partition coefficient (Wildman–Crippen LogP) is 2.24. The van der Waals surface area contributed by atoms with Crippen LogP contribution in [0.3, 0.4) is 0 Å². The van der Waals surface area contributed by atoms with Gasteiger partial charge in [-0.15, -0.1) is 10.2 Å². The number of anilines is 1. The lowest BCUT2D eigenvalue weighted by molar-refractivity contribution is 0.474. The van der Waals surface area contributed by atoms with Crippen LogP contribution in [0.1, 0.15) is 13.8 Å². The van der Waals surface area contributed by atoms with Gasteiger partial charge in [0.25, 0.3) is 0 Å². The molecule has 6 heteroatoms. The fourth-order valence-corrected chi connectivity index (χ4v) is 1.78. The van der Waals surface area contributed by atoms with Gasteiger partial charge in [-0.05, 0) is 32.0 Å². The van der Waals surface area contributed by atoms with E-state index in [9.17, 15) is 9.50 Å². The van der Waals surface area contributed by atoms with Gasteiger partial charge in [0.2, 0.25) is 5.95 Å². The highest BCUT2D eigenvalue weighted by atomic mass is 19.1. The van der Waals surface area contributed by atoms with Gasteiger partial charge >= 0.3 is 0 Å². The summed E-state index contributed by atoms with van der Waals surface area (Å²) < 4.78 is 15.0. The number of aromatic hydroxyl groups is 1. The molecule has 0 unspecified atom stereocenters. The fraction of sp³-hybridized carbons (Fsp3) is 0.333. The summed E-state index contributed by atoms with van der Waals surface area (Å²) in [4.78, 5) is 0. The zero-order chi connectivity index (χ0) is 13.1. The molecule has 1 aromatic heterocycles. The Morgan fingerprint density at radius 1 is 1.33 bits per heavy atom. The number of hydrogen-bond donors (Lipinski definition) is 2. The summed E-state index contributed by atoms with van der Waals surface area (Å²) >= 11 is 0. The van der Waals surface area contributed by atoms with Gasteiger partial charge in [-0.3, -0.25) is 4.57 Å². The van der Waals surface area contributed by atoms with Crippen molar-refractivity contribution in [2.45, 2.75) is 20.4 Å². The second-order valence-electron chi connectivity index (χ2n) is 3.78. The maximum absolute atomic E-state index is 13.2. The highest BCUT2D eigenvalue weighted by Crippen LogP contribution is 2.29. The molecule has 2 rings (SSSR count). The van der Waals surface area contributed by atoms with Gasteiger partial charge in [-0.1, -0.05) is 0 Å². The first-order valence-corrected chi connectivity index (χ1v) is 5.83. The highest BCUT2D eigenvalue weighted by Gasteiger charge is 2.15. The predicted molar refractivity (Wildman–Crippen MR) is 66.9 cm³/mol. The number of nitrogens with zero attached hydrogens (tertiary/aromatic N) is 3. The molecule has 0 saturated heterocycles. The Labute approximate surface area is 104 Å². The molecule has 2 aromatic rings. The summed E-state index contributed by atoms with van der Waals surface area (Å²) in [6.07, 6.45) is 0. The zero-order valence-electron chi connectivity index (χ0n) is 10.3. The number of nitrogens with one attached hydrogen (secondary N) is 1. The number of rotatable bonds is 4. The van der Waals surface area contributed by atoms with Crippen molar-refractivity contribution in [1.82, 2.24) is 14.8 Å². The average Bonchev–Trinajstić information content (AvgIpc) is 2.75. The van der Waals surface area contributed by atoms with Crippen LogP contribution < -0.4 is 5.32 Å². The normalized spacial score (nSPS) is 10.6. The van der Waals surface area contributed by atoms with Crippen molar-refractivity contribution in [1.29, 1.82) is 0 Å². The summed E-state index contributed by atoms with van der Waals surface area (Å²) in [6.45, 7) is 5.23. The van der Waals surface area contributed by atoms with E-state index in [0.29, 0.717) is 30.4 Å². The summed E-state index contributed by atoms with van der Waals surface area (Å²) in [7, 11) is 0. The van der Waals surface area contributed by atoms with E-state index in [1.807, 2.05) is 13.8 Å². The van der Waals surface area contributed by atoms with E-state index >= 15 is 0 Å². The molecular formula is C12H15FN4O. The van der Waals surface area contributed by atoms with Gasteiger partial charge in [0.15, 0.2) is 5.82 Å². The summed E-state index contributed by atoms with van der Waals surface area (Å²) in [5.74, 6) is 0.629. The monoisotopic (exact) mass is 250 g/mol. The summed E-state index contributed by atoms with van der Waals surface area (Å²) in [5.41, 5.74) is 0.341. The molecule has 0 bridgehead atoms. The lowest BCUT2D eigenvalue weighted by atomic mass is 10.2. The minimum Gasteiger partial charge on any atom is -0.507 e. The molecule has 0 atom stereocenters. The van der Waals surface area contributed by atoms with Crippen LogP contribution in [-0.2, 0) is 6.54 Å². The van der Waals surface area contributed by atoms with Gasteiger partial charge in [-0.2, -0.15) is 0 Å². The van der Waals surface area contributed by atoms with Crippen LogP contribution >= 0.6 is 0 Å². The SMILES string of the molecule is CCNc1nnc(-c2cc(F)ccc2O)n1CC. The van der Waals surface area contributed by atoms with Crippen molar-refractivity contribution in [2.75, 3.05) is 11.9 Å². The van der Waals surface area contributed by atoms with Crippen LogP contribution in [0.4, 0.5) is 10.3 Å². The average molecular weight is 250 g/mol. The third-order valence-corrected chi connectivity index (χ3v) is 2.60. The zero-order valence-corrected chi connectivity index (χ0v) is 10.3. The van der Waals surface area contributed by atoms with E-state index in [2.05, 4.69) is 15.5 Å². The van der Waals surface area contributed by atoms with Gasteiger partial charge in [-0.25, -0.2) is 4.39 Å². The number of phenolic OH excluding ortho intramolecular Hbond substituents is 1. The molecule has 0 radical (unpaired) electrons. The van der Waals surface area contributed by atoms with E-state index in [0.717, 1.165) is 0 Å². The van der Waals surface area contributed by atoms with Gasteiger partial charge in [0.05, 0.1) is 5.56 Å². The number of halogens is 1. The number of phenols is 1. The second kappa shape index (κ2) is 5.03. The third kappa shape index (κ3) is 2.13. The number of hydrogen-bond acceptors (Lipinski definition) is 4. The van der Waals surface area contributed by atoms with Gasteiger partial charge < -0.3 is 10.4 Å². The Kier molecular flexibility index (Phi) is 3.45. The van der Waals surface area contributed by atoms with Crippen molar-refractivity contribution in [3.05, 3.63) is 24.0 Å². The first-order chi connectivity index (χ1) is 8.67. The molecule has 2 N–H and O–H groups in total. The lowest BCUT2D eigenvalue weighted by Gasteiger charge is -2.09. The summed E-state index contributed by atoms with van der Waals surface area (Å²) in [5, 5.41) is 20.8. The Morgan fingerprint density at radius 2 is 2.11 bits per heavy atom. The number of benzene rings is 1. The van der Waals surface area contributed by atoms with Gasteiger partial charge in [0.1, 0.15) is 11.6 Å².